The number of methoxy groups -OCH3 is 1. The number of alkyl carbamates (subject to hydrolysis) is 1. The van der Waals surface area contributed by atoms with Gasteiger partial charge in [-0.1, -0.05) is 23.8 Å². The molecule has 0 bridgehead atoms. The zero-order valence-electron chi connectivity index (χ0n) is 22.0. The van der Waals surface area contributed by atoms with Crippen molar-refractivity contribution >= 4 is 35.6 Å². The first kappa shape index (κ1) is 30.8. The molecular formula is C25H36N4O6S. The highest BCUT2D eigenvalue weighted by Gasteiger charge is 2.37. The lowest BCUT2D eigenvalue weighted by atomic mass is 9.96. The van der Waals surface area contributed by atoms with Crippen molar-refractivity contribution in [3.8, 4) is 6.07 Å². The molecule has 1 aromatic rings. The molecule has 2 N–H and O–H groups in total. The van der Waals surface area contributed by atoms with Crippen molar-refractivity contribution in [2.45, 2.75) is 58.7 Å². The van der Waals surface area contributed by atoms with Gasteiger partial charge in [0.05, 0.1) is 13.2 Å². The van der Waals surface area contributed by atoms with Gasteiger partial charge in [-0.05, 0) is 64.2 Å². The van der Waals surface area contributed by atoms with Gasteiger partial charge in [-0.25, -0.2) is 4.79 Å². The zero-order chi connectivity index (χ0) is 27.5. The number of nitrogens with zero attached hydrogens (tertiary/aromatic N) is 2. The highest BCUT2D eigenvalue weighted by molar-refractivity contribution is 7.98. The molecule has 3 amide bonds. The Morgan fingerprint density at radius 2 is 1.86 bits per heavy atom. The summed E-state index contributed by atoms with van der Waals surface area (Å²) in [5.74, 6) is -1.40. The number of nitriles is 1. The van der Waals surface area contributed by atoms with Gasteiger partial charge in [-0.2, -0.15) is 17.0 Å². The van der Waals surface area contributed by atoms with E-state index in [2.05, 4.69) is 15.4 Å². The van der Waals surface area contributed by atoms with E-state index in [1.165, 1.54) is 18.9 Å². The number of ether oxygens (including phenoxy) is 2. The van der Waals surface area contributed by atoms with E-state index in [0.717, 1.165) is 16.0 Å². The fourth-order valence-corrected chi connectivity index (χ4v) is 3.90. The molecule has 10 nitrogen and oxygen atoms in total. The van der Waals surface area contributed by atoms with Crippen molar-refractivity contribution in [2.24, 2.45) is 0 Å². The molecule has 0 radical (unpaired) electrons. The molecule has 0 aliphatic rings. The maximum Gasteiger partial charge on any atom is 0.408 e. The number of hydrogen-bond acceptors (Lipinski definition) is 8. The summed E-state index contributed by atoms with van der Waals surface area (Å²) in [6.45, 7) is 7.97. The lowest BCUT2D eigenvalue weighted by molar-refractivity contribution is -0.144. The van der Waals surface area contributed by atoms with Crippen LogP contribution in [-0.2, 0) is 23.9 Å². The standard InChI is InChI=1S/C25H36N4O6S/c1-16-8-9-18(17(2)14-16)21(22(31)27-15-20(30)34-6)29(12-11-26)23(32)19(10-13-36-7)28-24(33)35-25(3,4)5/h8-9,14,19,21H,10,12-13,15H2,1-7H3,(H,27,31)(H,28,33). The number of aryl methyl sites for hydroxylation is 2. The van der Waals surface area contributed by atoms with Crippen molar-refractivity contribution in [1.29, 1.82) is 5.26 Å². The molecule has 0 spiro atoms. The maximum atomic E-state index is 13.8. The predicted octanol–water partition coefficient (Wildman–Crippen LogP) is 2.63. The molecule has 1 aromatic carbocycles. The molecule has 2 atom stereocenters. The van der Waals surface area contributed by atoms with Crippen molar-refractivity contribution in [1.82, 2.24) is 15.5 Å². The third-order valence-electron chi connectivity index (χ3n) is 5.04. The van der Waals surface area contributed by atoms with Crippen LogP contribution in [0.5, 0.6) is 0 Å². The number of rotatable bonds is 11. The molecule has 0 saturated carbocycles. The largest absolute Gasteiger partial charge is 0.468 e. The zero-order valence-corrected chi connectivity index (χ0v) is 22.8. The van der Waals surface area contributed by atoms with Crippen molar-refractivity contribution < 1.29 is 28.7 Å². The number of esters is 1. The fraction of sp³-hybridized carbons (Fsp3) is 0.560. The van der Waals surface area contributed by atoms with Crippen LogP contribution in [0.25, 0.3) is 0 Å². The van der Waals surface area contributed by atoms with Gasteiger partial charge in [0.2, 0.25) is 11.8 Å². The molecule has 198 valence electrons. The minimum atomic E-state index is -1.22. The number of amides is 3. The van der Waals surface area contributed by atoms with Crippen LogP contribution in [0.4, 0.5) is 4.79 Å². The van der Waals surface area contributed by atoms with Crippen LogP contribution in [0.3, 0.4) is 0 Å². The topological polar surface area (TPSA) is 138 Å². The summed E-state index contributed by atoms with van der Waals surface area (Å²) in [6.07, 6.45) is 1.34. The Morgan fingerprint density at radius 3 is 2.39 bits per heavy atom. The van der Waals surface area contributed by atoms with Crippen LogP contribution >= 0.6 is 11.8 Å². The van der Waals surface area contributed by atoms with E-state index >= 15 is 0 Å². The fourth-order valence-electron chi connectivity index (χ4n) is 3.43. The Balaban J connectivity index is 3.47. The minimum absolute atomic E-state index is 0.255. The number of benzene rings is 1. The smallest absolute Gasteiger partial charge is 0.408 e. The van der Waals surface area contributed by atoms with Gasteiger partial charge in [0.15, 0.2) is 0 Å². The molecule has 2 unspecified atom stereocenters. The van der Waals surface area contributed by atoms with Gasteiger partial charge >= 0.3 is 12.1 Å². The number of carbonyl (C=O) groups excluding carboxylic acids is 4. The van der Waals surface area contributed by atoms with E-state index in [4.69, 9.17) is 4.74 Å². The molecule has 36 heavy (non-hydrogen) atoms. The average molecular weight is 521 g/mol. The van der Waals surface area contributed by atoms with E-state index in [0.29, 0.717) is 11.3 Å². The summed E-state index contributed by atoms with van der Waals surface area (Å²) in [7, 11) is 1.19. The third kappa shape index (κ3) is 9.77. The SMILES string of the molecule is COC(=O)CNC(=O)C(c1ccc(C)cc1C)N(CC#N)C(=O)C(CCSC)NC(=O)OC(C)(C)C. The second-order valence-corrected chi connectivity index (χ2v) is 10.1. The first-order chi connectivity index (χ1) is 16.8. The van der Waals surface area contributed by atoms with Gasteiger partial charge in [-0.15, -0.1) is 0 Å². The normalized spacial score (nSPS) is 12.5. The first-order valence-electron chi connectivity index (χ1n) is 11.4. The van der Waals surface area contributed by atoms with Gasteiger partial charge in [0.1, 0.15) is 30.8 Å². The van der Waals surface area contributed by atoms with Gasteiger partial charge < -0.3 is 25.0 Å². The number of carbonyl (C=O) groups is 4. The van der Waals surface area contributed by atoms with E-state index in [-0.39, 0.29) is 6.42 Å². The summed E-state index contributed by atoms with van der Waals surface area (Å²) >= 11 is 1.48. The predicted molar refractivity (Wildman–Crippen MR) is 137 cm³/mol. The van der Waals surface area contributed by atoms with Crippen LogP contribution in [0, 0.1) is 25.2 Å². The first-order valence-corrected chi connectivity index (χ1v) is 12.8. The highest BCUT2D eigenvalue weighted by atomic mass is 32.2. The Kier molecular flexibility index (Phi) is 12.3. The molecule has 11 heteroatoms. The third-order valence-corrected chi connectivity index (χ3v) is 5.68. The number of hydrogen-bond donors (Lipinski definition) is 2. The quantitative estimate of drug-likeness (QED) is 0.335. The van der Waals surface area contributed by atoms with Crippen LogP contribution in [0.2, 0.25) is 0 Å². The van der Waals surface area contributed by atoms with Gasteiger partial charge in [-0.3, -0.25) is 14.4 Å². The van der Waals surface area contributed by atoms with Crippen LogP contribution in [0.1, 0.15) is 49.9 Å². The summed E-state index contributed by atoms with van der Waals surface area (Å²) in [5, 5.41) is 14.6. The second-order valence-electron chi connectivity index (χ2n) is 9.16. The molecule has 0 saturated heterocycles. The van der Waals surface area contributed by atoms with Gasteiger partial charge in [0, 0.05) is 0 Å². The summed E-state index contributed by atoms with van der Waals surface area (Å²) in [5.41, 5.74) is 1.39. The Hall–Kier alpha value is -3.26. The lowest BCUT2D eigenvalue weighted by Gasteiger charge is -2.33. The number of nitrogens with one attached hydrogen (secondary N) is 2. The van der Waals surface area contributed by atoms with Crippen LogP contribution < -0.4 is 10.6 Å². The second kappa shape index (κ2) is 14.3. The van der Waals surface area contributed by atoms with E-state index < -0.39 is 54.7 Å². The summed E-state index contributed by atoms with van der Waals surface area (Å²) in [4.78, 5) is 52.3. The molecule has 0 fully saturated rings. The van der Waals surface area contributed by atoms with E-state index in [1.54, 1.807) is 39.8 Å². The summed E-state index contributed by atoms with van der Waals surface area (Å²) in [6, 6.07) is 5.05. The van der Waals surface area contributed by atoms with Crippen molar-refractivity contribution in [3.63, 3.8) is 0 Å². The lowest BCUT2D eigenvalue weighted by Crippen LogP contribution is -2.53. The summed E-state index contributed by atoms with van der Waals surface area (Å²) < 4.78 is 9.91. The number of thioether (sulfide) groups is 1. The maximum absolute atomic E-state index is 13.8. The van der Waals surface area contributed by atoms with Gasteiger partial charge in [0.25, 0.3) is 0 Å². The van der Waals surface area contributed by atoms with Crippen LogP contribution in [-0.4, -0.2) is 72.6 Å². The average Bonchev–Trinajstić information content (AvgIpc) is 2.79. The molecule has 0 heterocycles. The Morgan fingerprint density at radius 1 is 1.19 bits per heavy atom. The molecule has 1 rings (SSSR count). The van der Waals surface area contributed by atoms with E-state index in [9.17, 15) is 24.4 Å². The highest BCUT2D eigenvalue weighted by Crippen LogP contribution is 2.26. The Labute approximate surface area is 217 Å². The molecule has 0 aliphatic carbocycles. The monoisotopic (exact) mass is 520 g/mol. The molecule has 0 aromatic heterocycles. The van der Waals surface area contributed by atoms with Crippen molar-refractivity contribution in [3.05, 3.63) is 34.9 Å². The Bertz CT molecular complexity index is 986. The van der Waals surface area contributed by atoms with Crippen LogP contribution in [0.15, 0.2) is 18.2 Å². The van der Waals surface area contributed by atoms with E-state index in [1.807, 2.05) is 25.3 Å². The van der Waals surface area contributed by atoms with Crippen molar-refractivity contribution in [2.75, 3.05) is 32.2 Å². The minimum Gasteiger partial charge on any atom is -0.468 e. The molecule has 0 aliphatic heterocycles. The molecular weight excluding hydrogens is 484 g/mol.